The molecule has 1 atom stereocenters. The van der Waals surface area contributed by atoms with Gasteiger partial charge in [0.25, 0.3) is 0 Å². The van der Waals surface area contributed by atoms with E-state index in [4.69, 9.17) is 5.11 Å². The molecule has 0 bridgehead atoms. The van der Waals surface area contributed by atoms with E-state index in [-0.39, 0.29) is 6.42 Å². The zero-order chi connectivity index (χ0) is 9.84. The number of hydrogen-bond acceptors (Lipinski definition) is 2. The minimum absolute atomic E-state index is 0.281. The van der Waals surface area contributed by atoms with Crippen LogP contribution in [0.25, 0.3) is 0 Å². The number of rotatable bonds is 4. The first-order chi connectivity index (χ1) is 6.11. The van der Waals surface area contributed by atoms with Gasteiger partial charge >= 0.3 is 5.97 Å². The van der Waals surface area contributed by atoms with Crippen LogP contribution in [0, 0.1) is 5.92 Å². The Labute approximate surface area is 79.7 Å². The van der Waals surface area contributed by atoms with Crippen molar-refractivity contribution in [3.63, 3.8) is 0 Å². The van der Waals surface area contributed by atoms with Crippen LogP contribution in [0.5, 0.6) is 0 Å². The van der Waals surface area contributed by atoms with Crippen molar-refractivity contribution in [3.8, 4) is 0 Å². The Kier molecular flexibility index (Phi) is 3.72. The molecule has 0 amide bonds. The predicted octanol–water partition coefficient (Wildman–Crippen LogP) is 1.58. The number of likely N-dealkylation sites (tertiary alicyclic amines) is 1. The van der Waals surface area contributed by atoms with Crippen molar-refractivity contribution in [2.75, 3.05) is 13.1 Å². The average molecular weight is 185 g/mol. The molecule has 0 saturated carbocycles. The number of carboxylic acid groups (broad SMARTS) is 1. The molecule has 1 heterocycles. The molecule has 1 rings (SSSR count). The second-order valence-corrected chi connectivity index (χ2v) is 4.13. The molecule has 0 aromatic carbocycles. The van der Waals surface area contributed by atoms with Crippen LogP contribution >= 0.6 is 0 Å². The number of nitrogens with zero attached hydrogens (tertiary/aromatic N) is 1. The van der Waals surface area contributed by atoms with E-state index in [1.807, 2.05) is 0 Å². The number of hydrogen-bond donors (Lipinski definition) is 1. The zero-order valence-electron chi connectivity index (χ0n) is 8.49. The van der Waals surface area contributed by atoms with Crippen LogP contribution in [0.4, 0.5) is 0 Å². The molecule has 3 nitrogen and oxygen atoms in total. The fraction of sp³-hybridized carbons (Fsp3) is 0.900. The summed E-state index contributed by atoms with van der Waals surface area (Å²) in [4.78, 5) is 12.7. The maximum Gasteiger partial charge on any atom is 0.304 e. The summed E-state index contributed by atoms with van der Waals surface area (Å²) >= 11 is 0. The van der Waals surface area contributed by atoms with Crippen molar-refractivity contribution in [1.82, 2.24) is 4.90 Å². The van der Waals surface area contributed by atoms with Crippen LogP contribution in [0.2, 0.25) is 0 Å². The monoisotopic (exact) mass is 185 g/mol. The van der Waals surface area contributed by atoms with Crippen molar-refractivity contribution in [2.45, 2.75) is 39.2 Å². The van der Waals surface area contributed by atoms with Crippen LogP contribution in [0.1, 0.15) is 33.1 Å². The summed E-state index contributed by atoms with van der Waals surface area (Å²) in [6, 6.07) is 0.611. The van der Waals surface area contributed by atoms with Gasteiger partial charge in [-0.25, -0.2) is 0 Å². The minimum atomic E-state index is -0.686. The van der Waals surface area contributed by atoms with Crippen molar-refractivity contribution in [2.24, 2.45) is 5.92 Å². The summed E-state index contributed by atoms with van der Waals surface area (Å²) < 4.78 is 0. The Balaban J connectivity index is 2.35. The Bertz CT molecular complexity index is 180. The predicted molar refractivity (Wildman–Crippen MR) is 51.7 cm³/mol. The molecule has 1 unspecified atom stereocenters. The van der Waals surface area contributed by atoms with Crippen molar-refractivity contribution in [3.05, 3.63) is 0 Å². The van der Waals surface area contributed by atoms with Crippen LogP contribution in [-0.2, 0) is 4.79 Å². The first-order valence-electron chi connectivity index (χ1n) is 5.07. The van der Waals surface area contributed by atoms with Gasteiger partial charge in [0.15, 0.2) is 0 Å². The normalized spacial score (nSPS) is 24.1. The second-order valence-electron chi connectivity index (χ2n) is 4.13. The molecule has 1 saturated heterocycles. The summed E-state index contributed by atoms with van der Waals surface area (Å²) in [5.74, 6) is -0.0364. The molecule has 13 heavy (non-hydrogen) atoms. The van der Waals surface area contributed by atoms with Gasteiger partial charge in [0.2, 0.25) is 0 Å². The van der Waals surface area contributed by atoms with Gasteiger partial charge in [0.1, 0.15) is 0 Å². The van der Waals surface area contributed by atoms with E-state index < -0.39 is 5.97 Å². The second kappa shape index (κ2) is 4.61. The summed E-state index contributed by atoms with van der Waals surface area (Å²) in [7, 11) is 0. The van der Waals surface area contributed by atoms with E-state index in [2.05, 4.69) is 18.7 Å². The molecular formula is C10H19NO2. The van der Waals surface area contributed by atoms with Crippen molar-refractivity contribution in [1.29, 1.82) is 0 Å². The molecule has 76 valence electrons. The average Bonchev–Trinajstić information content (AvgIpc) is 2.47. The minimum Gasteiger partial charge on any atom is -0.481 e. The van der Waals surface area contributed by atoms with E-state index in [9.17, 15) is 4.79 Å². The van der Waals surface area contributed by atoms with Gasteiger partial charge in [-0.15, -0.1) is 0 Å². The largest absolute Gasteiger partial charge is 0.481 e. The third-order valence-corrected chi connectivity index (χ3v) is 2.80. The summed E-state index contributed by atoms with van der Waals surface area (Å²) in [6.07, 6.45) is 2.74. The summed E-state index contributed by atoms with van der Waals surface area (Å²) in [5, 5.41) is 8.57. The van der Waals surface area contributed by atoms with Crippen LogP contribution in [0.3, 0.4) is 0 Å². The topological polar surface area (TPSA) is 40.5 Å². The standard InChI is InChI=1S/C10H19NO2/c1-8(2)9-4-3-6-11(9)7-5-10(12)13/h8-9H,3-7H2,1-2H3,(H,12,13). The van der Waals surface area contributed by atoms with E-state index in [1.165, 1.54) is 12.8 Å². The zero-order valence-corrected chi connectivity index (χ0v) is 8.49. The van der Waals surface area contributed by atoms with Gasteiger partial charge in [0, 0.05) is 12.6 Å². The molecule has 0 radical (unpaired) electrons. The van der Waals surface area contributed by atoms with E-state index in [0.29, 0.717) is 12.0 Å². The SMILES string of the molecule is CC(C)C1CCCN1CCC(=O)O. The lowest BCUT2D eigenvalue weighted by Gasteiger charge is -2.26. The summed E-state index contributed by atoms with van der Waals surface area (Å²) in [6.45, 7) is 6.22. The van der Waals surface area contributed by atoms with E-state index in [0.717, 1.165) is 13.1 Å². The highest BCUT2D eigenvalue weighted by Gasteiger charge is 2.26. The summed E-state index contributed by atoms with van der Waals surface area (Å²) in [5.41, 5.74) is 0. The van der Waals surface area contributed by atoms with Crippen LogP contribution in [0.15, 0.2) is 0 Å². The first kappa shape index (κ1) is 10.5. The molecule has 1 aliphatic rings. The Morgan fingerprint density at radius 3 is 2.85 bits per heavy atom. The highest BCUT2D eigenvalue weighted by Crippen LogP contribution is 2.23. The van der Waals surface area contributed by atoms with Gasteiger partial charge < -0.3 is 5.11 Å². The molecular weight excluding hydrogens is 166 g/mol. The van der Waals surface area contributed by atoms with Crippen molar-refractivity contribution >= 4 is 5.97 Å². The Hall–Kier alpha value is -0.570. The smallest absolute Gasteiger partial charge is 0.304 e. The molecule has 0 aromatic heterocycles. The lowest BCUT2D eigenvalue weighted by atomic mass is 10.0. The molecule has 0 spiro atoms. The molecule has 1 N–H and O–H groups in total. The lowest BCUT2D eigenvalue weighted by molar-refractivity contribution is -0.137. The Morgan fingerprint density at radius 1 is 1.62 bits per heavy atom. The van der Waals surface area contributed by atoms with E-state index in [1.54, 1.807) is 0 Å². The van der Waals surface area contributed by atoms with Gasteiger partial charge in [-0.05, 0) is 25.3 Å². The third kappa shape index (κ3) is 2.99. The Morgan fingerprint density at radius 2 is 2.31 bits per heavy atom. The van der Waals surface area contributed by atoms with Gasteiger partial charge in [0.05, 0.1) is 6.42 Å². The first-order valence-corrected chi connectivity index (χ1v) is 5.07. The highest BCUT2D eigenvalue weighted by atomic mass is 16.4. The highest BCUT2D eigenvalue weighted by molar-refractivity contribution is 5.66. The van der Waals surface area contributed by atoms with E-state index >= 15 is 0 Å². The fourth-order valence-electron chi connectivity index (χ4n) is 2.12. The number of carbonyl (C=O) groups is 1. The van der Waals surface area contributed by atoms with Gasteiger partial charge in [-0.3, -0.25) is 9.69 Å². The molecule has 0 aromatic rings. The molecule has 1 fully saturated rings. The van der Waals surface area contributed by atoms with Gasteiger partial charge in [-0.1, -0.05) is 13.8 Å². The quantitative estimate of drug-likeness (QED) is 0.723. The maximum atomic E-state index is 10.4. The number of aliphatic carboxylic acids is 1. The molecule has 1 aliphatic heterocycles. The van der Waals surface area contributed by atoms with Crippen molar-refractivity contribution < 1.29 is 9.90 Å². The fourth-order valence-corrected chi connectivity index (χ4v) is 2.12. The number of carboxylic acids is 1. The molecule has 0 aliphatic carbocycles. The lowest BCUT2D eigenvalue weighted by Crippen LogP contribution is -2.34. The van der Waals surface area contributed by atoms with Gasteiger partial charge in [-0.2, -0.15) is 0 Å². The van der Waals surface area contributed by atoms with Crippen LogP contribution in [-0.4, -0.2) is 35.1 Å². The third-order valence-electron chi connectivity index (χ3n) is 2.80. The van der Waals surface area contributed by atoms with Crippen LogP contribution < -0.4 is 0 Å². The molecule has 3 heteroatoms. The maximum absolute atomic E-state index is 10.4.